The summed E-state index contributed by atoms with van der Waals surface area (Å²) in [6.07, 6.45) is -1.61. The average Bonchev–Trinajstić information content (AvgIpc) is 2.85. The van der Waals surface area contributed by atoms with Crippen LogP contribution < -0.4 is 0 Å². The number of hydrogen-bond acceptors (Lipinski definition) is 6. The zero-order chi connectivity index (χ0) is 22.0. The molecule has 28 heavy (non-hydrogen) atoms. The van der Waals surface area contributed by atoms with E-state index >= 15 is 0 Å². The molecular formula is C20H37NO6Si. The molecule has 1 heterocycles. The van der Waals surface area contributed by atoms with Crippen LogP contribution in [0.15, 0.2) is 0 Å². The summed E-state index contributed by atoms with van der Waals surface area (Å²) in [5.41, 5.74) is 0.0240. The number of ether oxygens (including phenoxy) is 2. The van der Waals surface area contributed by atoms with Gasteiger partial charge in [-0.25, -0.2) is 14.5 Å². The lowest BCUT2D eigenvalue weighted by Crippen LogP contribution is -2.52. The summed E-state index contributed by atoms with van der Waals surface area (Å²) in [5.74, 6) is -1.17. The van der Waals surface area contributed by atoms with E-state index in [-0.39, 0.29) is 23.0 Å². The third kappa shape index (κ3) is 4.95. The minimum Gasteiger partial charge on any atom is -0.467 e. The third-order valence-electron chi connectivity index (χ3n) is 5.38. The first kappa shape index (κ1) is 24.6. The molecule has 1 aliphatic rings. The second kappa shape index (κ2) is 8.94. The lowest BCUT2D eigenvalue weighted by Gasteiger charge is -2.43. The van der Waals surface area contributed by atoms with Crippen LogP contribution in [-0.4, -0.2) is 56.0 Å². The molecule has 0 aliphatic carbocycles. The minimum absolute atomic E-state index is 0.0889. The van der Waals surface area contributed by atoms with Crippen LogP contribution in [0.5, 0.6) is 0 Å². The average molecular weight is 416 g/mol. The first-order valence-electron chi connectivity index (χ1n) is 10.0. The highest BCUT2D eigenvalue weighted by Gasteiger charge is 2.54. The third-order valence-corrected chi connectivity index (χ3v) is 11.5. The molecule has 0 radical (unpaired) electrons. The number of carbonyl (C=O) groups excluding carboxylic acids is 3. The summed E-state index contributed by atoms with van der Waals surface area (Å²) in [5, 5.41) is 0. The molecule has 0 unspecified atom stereocenters. The number of amides is 2. The highest BCUT2D eigenvalue weighted by molar-refractivity contribution is 6.77. The van der Waals surface area contributed by atoms with Gasteiger partial charge in [-0.3, -0.25) is 4.79 Å². The summed E-state index contributed by atoms with van der Waals surface area (Å²) in [6.45, 7) is 17.8. The van der Waals surface area contributed by atoms with Crippen molar-refractivity contribution in [3.05, 3.63) is 0 Å². The number of methoxy groups -OCH3 is 1. The molecule has 7 nitrogen and oxygen atoms in total. The predicted octanol–water partition coefficient (Wildman–Crippen LogP) is 4.26. The van der Waals surface area contributed by atoms with E-state index in [0.717, 1.165) is 4.90 Å². The normalized spacial score (nSPS) is 21.0. The Morgan fingerprint density at radius 2 is 1.50 bits per heavy atom. The van der Waals surface area contributed by atoms with Crippen molar-refractivity contribution in [2.75, 3.05) is 7.11 Å². The van der Waals surface area contributed by atoms with Crippen LogP contribution in [0.1, 0.15) is 68.7 Å². The number of nitrogens with zero attached hydrogens (tertiary/aromatic N) is 1. The molecule has 0 aromatic heterocycles. The lowest BCUT2D eigenvalue weighted by molar-refractivity contribution is -0.149. The SMILES string of the molecule is COC(=O)[C@@H]1C[C@H](O[Si](C(C)C)(C(C)C)C(C)C)C(=O)N1C(=O)OC(C)(C)C. The van der Waals surface area contributed by atoms with Gasteiger partial charge in [-0.15, -0.1) is 0 Å². The maximum Gasteiger partial charge on any atom is 0.417 e. The maximum absolute atomic E-state index is 13.1. The number of imide groups is 1. The molecule has 0 bridgehead atoms. The van der Waals surface area contributed by atoms with Crippen molar-refractivity contribution in [2.45, 2.75) is 103 Å². The fraction of sp³-hybridized carbons (Fsp3) is 0.850. The van der Waals surface area contributed by atoms with Crippen LogP contribution in [-0.2, 0) is 23.5 Å². The molecule has 0 N–H and O–H groups in total. The Morgan fingerprint density at radius 3 is 1.86 bits per heavy atom. The molecule has 162 valence electrons. The second-order valence-electron chi connectivity index (χ2n) is 9.39. The van der Waals surface area contributed by atoms with Crippen LogP contribution >= 0.6 is 0 Å². The Balaban J connectivity index is 3.27. The zero-order valence-corrected chi connectivity index (χ0v) is 20.0. The summed E-state index contributed by atoms with van der Waals surface area (Å²) in [7, 11) is -1.13. The molecule has 2 amide bonds. The monoisotopic (exact) mass is 415 g/mol. The first-order valence-corrected chi connectivity index (χ1v) is 12.1. The predicted molar refractivity (Wildman–Crippen MR) is 109 cm³/mol. The van der Waals surface area contributed by atoms with Gasteiger partial charge in [0.05, 0.1) is 7.11 Å². The van der Waals surface area contributed by atoms with Gasteiger partial charge in [-0.2, -0.15) is 0 Å². The Kier molecular flexibility index (Phi) is 7.87. The van der Waals surface area contributed by atoms with E-state index in [1.54, 1.807) is 20.8 Å². The van der Waals surface area contributed by atoms with Crippen molar-refractivity contribution >= 4 is 26.3 Å². The quantitative estimate of drug-likeness (QED) is 0.476. The van der Waals surface area contributed by atoms with Crippen LogP contribution in [0.25, 0.3) is 0 Å². The number of rotatable bonds is 6. The molecule has 0 aromatic rings. The van der Waals surface area contributed by atoms with Gasteiger partial charge in [-0.1, -0.05) is 41.5 Å². The van der Waals surface area contributed by atoms with Crippen LogP contribution in [0.2, 0.25) is 16.6 Å². The standard InChI is InChI=1S/C20H37NO6Si/c1-12(2)28(13(3)4,14(5)6)27-16-11-15(18(23)25-10)21(17(16)22)19(24)26-20(7,8)9/h12-16H,11H2,1-10H3/t15-,16-/m0/s1. The number of hydrogen-bond donors (Lipinski definition) is 0. The van der Waals surface area contributed by atoms with Crippen molar-refractivity contribution in [2.24, 2.45) is 0 Å². The molecule has 1 fully saturated rings. The van der Waals surface area contributed by atoms with Gasteiger partial charge >= 0.3 is 12.1 Å². The molecule has 0 saturated carbocycles. The van der Waals surface area contributed by atoms with Gasteiger partial charge in [0.25, 0.3) is 5.91 Å². The Morgan fingerprint density at radius 1 is 1.04 bits per heavy atom. The van der Waals surface area contributed by atoms with E-state index in [4.69, 9.17) is 13.9 Å². The topological polar surface area (TPSA) is 82.1 Å². The number of likely N-dealkylation sites (tertiary alicyclic amines) is 1. The van der Waals surface area contributed by atoms with E-state index in [2.05, 4.69) is 41.5 Å². The Labute approximate surface area is 170 Å². The summed E-state index contributed by atoms with van der Waals surface area (Å²) >= 11 is 0. The maximum atomic E-state index is 13.1. The van der Waals surface area contributed by atoms with Crippen LogP contribution in [0.4, 0.5) is 4.79 Å². The highest BCUT2D eigenvalue weighted by Crippen LogP contribution is 2.44. The van der Waals surface area contributed by atoms with Gasteiger partial charge in [0.1, 0.15) is 17.7 Å². The van der Waals surface area contributed by atoms with Gasteiger partial charge in [0, 0.05) is 6.42 Å². The number of esters is 1. The molecule has 8 heteroatoms. The largest absolute Gasteiger partial charge is 0.467 e. The van der Waals surface area contributed by atoms with E-state index < -0.39 is 44.0 Å². The molecule has 1 saturated heterocycles. The fourth-order valence-electron chi connectivity index (χ4n) is 4.34. The van der Waals surface area contributed by atoms with Crippen molar-refractivity contribution in [3.63, 3.8) is 0 Å². The number of carbonyl (C=O) groups is 3. The molecule has 0 spiro atoms. The van der Waals surface area contributed by atoms with Crippen molar-refractivity contribution in [1.82, 2.24) is 4.90 Å². The van der Waals surface area contributed by atoms with Crippen LogP contribution in [0, 0.1) is 0 Å². The van der Waals surface area contributed by atoms with E-state index in [0.29, 0.717) is 0 Å². The first-order chi connectivity index (χ1) is 12.7. The lowest BCUT2D eigenvalue weighted by atomic mass is 10.2. The van der Waals surface area contributed by atoms with Crippen molar-refractivity contribution in [3.8, 4) is 0 Å². The van der Waals surface area contributed by atoms with E-state index in [1.807, 2.05) is 0 Å². The smallest absolute Gasteiger partial charge is 0.417 e. The zero-order valence-electron chi connectivity index (χ0n) is 19.0. The van der Waals surface area contributed by atoms with Crippen molar-refractivity contribution in [1.29, 1.82) is 0 Å². The summed E-state index contributed by atoms with van der Waals surface area (Å²) in [6, 6.07) is -1.03. The van der Waals surface area contributed by atoms with E-state index in [9.17, 15) is 14.4 Å². The Hall–Kier alpha value is -1.41. The molecule has 2 atom stereocenters. The second-order valence-corrected chi connectivity index (χ2v) is 14.8. The van der Waals surface area contributed by atoms with Gasteiger partial charge in [0.15, 0.2) is 0 Å². The summed E-state index contributed by atoms with van der Waals surface area (Å²) in [4.78, 5) is 38.9. The van der Waals surface area contributed by atoms with E-state index in [1.165, 1.54) is 7.11 Å². The molecule has 1 rings (SSSR count). The molecule has 0 aromatic carbocycles. The minimum atomic E-state index is -2.37. The van der Waals surface area contributed by atoms with Gasteiger partial charge in [0.2, 0.25) is 8.32 Å². The molecular weight excluding hydrogens is 378 g/mol. The Bertz CT molecular complexity index is 574. The highest BCUT2D eigenvalue weighted by atomic mass is 28.4. The fourth-order valence-corrected chi connectivity index (χ4v) is 9.84. The van der Waals surface area contributed by atoms with Gasteiger partial charge in [-0.05, 0) is 37.4 Å². The van der Waals surface area contributed by atoms with Gasteiger partial charge < -0.3 is 13.9 Å². The summed E-state index contributed by atoms with van der Waals surface area (Å²) < 4.78 is 16.7. The van der Waals surface area contributed by atoms with Crippen molar-refractivity contribution < 1.29 is 28.3 Å². The molecule has 1 aliphatic heterocycles. The van der Waals surface area contributed by atoms with Crippen LogP contribution in [0.3, 0.4) is 0 Å².